The van der Waals surface area contributed by atoms with Crippen LogP contribution >= 0.6 is 27.3 Å². The van der Waals surface area contributed by atoms with Gasteiger partial charge in [0, 0.05) is 21.3 Å². The number of rotatable bonds is 3. The number of nitrogens with zero attached hydrogens (tertiary/aromatic N) is 1. The fourth-order valence-corrected chi connectivity index (χ4v) is 2.49. The van der Waals surface area contributed by atoms with Crippen LogP contribution in [0.3, 0.4) is 0 Å². The van der Waals surface area contributed by atoms with E-state index in [1.54, 1.807) is 11.3 Å². The lowest BCUT2D eigenvalue weighted by Gasteiger charge is -2.01. The molecule has 2 aromatic rings. The summed E-state index contributed by atoms with van der Waals surface area (Å²) in [5.41, 5.74) is 2.09. The number of thiazole rings is 1. The Labute approximate surface area is 107 Å². The first-order chi connectivity index (χ1) is 7.70. The van der Waals surface area contributed by atoms with Gasteiger partial charge in [0.15, 0.2) is 0 Å². The molecule has 0 amide bonds. The fourth-order valence-electron chi connectivity index (χ4n) is 1.35. The maximum atomic E-state index is 9.06. The number of aromatic nitrogens is 1. The molecule has 1 atom stereocenters. The fraction of sp³-hybridized carbons (Fsp3) is 0.250. The SMILES string of the molecule is CC(CO)c1nc(-c2ccc(Br)cc2)cs1. The van der Waals surface area contributed by atoms with Crippen molar-refractivity contribution in [3.8, 4) is 11.3 Å². The second kappa shape index (κ2) is 5.08. The Morgan fingerprint density at radius 2 is 2.06 bits per heavy atom. The van der Waals surface area contributed by atoms with Crippen LogP contribution in [0.1, 0.15) is 17.8 Å². The average Bonchev–Trinajstić information content (AvgIpc) is 2.78. The first kappa shape index (κ1) is 11.8. The number of aliphatic hydroxyl groups is 1. The molecule has 1 heterocycles. The van der Waals surface area contributed by atoms with Crippen LogP contribution in [0.4, 0.5) is 0 Å². The van der Waals surface area contributed by atoms with Crippen molar-refractivity contribution >= 4 is 27.3 Å². The summed E-state index contributed by atoms with van der Waals surface area (Å²) in [4.78, 5) is 4.52. The van der Waals surface area contributed by atoms with Gasteiger partial charge in [-0.1, -0.05) is 35.0 Å². The normalized spacial score (nSPS) is 12.7. The van der Waals surface area contributed by atoms with Crippen LogP contribution in [-0.2, 0) is 0 Å². The van der Waals surface area contributed by atoms with Gasteiger partial charge in [0.05, 0.1) is 17.3 Å². The predicted octanol–water partition coefficient (Wildman–Crippen LogP) is 3.67. The summed E-state index contributed by atoms with van der Waals surface area (Å²) in [7, 11) is 0. The first-order valence-corrected chi connectivity index (χ1v) is 6.70. The number of hydrogen-bond acceptors (Lipinski definition) is 3. The summed E-state index contributed by atoms with van der Waals surface area (Å²) in [6.45, 7) is 2.12. The van der Waals surface area contributed by atoms with Crippen LogP contribution in [0.25, 0.3) is 11.3 Å². The molecule has 2 nitrogen and oxygen atoms in total. The van der Waals surface area contributed by atoms with Crippen LogP contribution in [0.15, 0.2) is 34.1 Å². The zero-order valence-corrected chi connectivity index (χ0v) is 11.3. The third-order valence-electron chi connectivity index (χ3n) is 2.36. The number of aliphatic hydroxyl groups excluding tert-OH is 1. The van der Waals surface area contributed by atoms with Crippen LogP contribution < -0.4 is 0 Å². The zero-order valence-electron chi connectivity index (χ0n) is 8.85. The molecule has 16 heavy (non-hydrogen) atoms. The molecule has 0 saturated carbocycles. The second-order valence-electron chi connectivity index (χ2n) is 3.66. The summed E-state index contributed by atoms with van der Waals surface area (Å²) in [6, 6.07) is 8.08. The number of halogens is 1. The minimum Gasteiger partial charge on any atom is -0.396 e. The molecule has 1 N–H and O–H groups in total. The molecule has 84 valence electrons. The van der Waals surface area contributed by atoms with E-state index in [1.165, 1.54) is 0 Å². The summed E-state index contributed by atoms with van der Waals surface area (Å²) >= 11 is 5.01. The highest BCUT2D eigenvalue weighted by atomic mass is 79.9. The van der Waals surface area contributed by atoms with Gasteiger partial charge in [-0.05, 0) is 12.1 Å². The van der Waals surface area contributed by atoms with Crippen molar-refractivity contribution in [3.63, 3.8) is 0 Å². The molecule has 0 fully saturated rings. The van der Waals surface area contributed by atoms with E-state index < -0.39 is 0 Å². The summed E-state index contributed by atoms with van der Waals surface area (Å²) < 4.78 is 1.07. The number of hydrogen-bond donors (Lipinski definition) is 1. The van der Waals surface area contributed by atoms with Crippen molar-refractivity contribution in [2.75, 3.05) is 6.61 Å². The molecule has 0 aliphatic rings. The molecule has 0 saturated heterocycles. The smallest absolute Gasteiger partial charge is 0.0983 e. The Balaban J connectivity index is 2.28. The predicted molar refractivity (Wildman–Crippen MR) is 70.8 cm³/mol. The van der Waals surface area contributed by atoms with Crippen LogP contribution in [0, 0.1) is 0 Å². The van der Waals surface area contributed by atoms with E-state index in [-0.39, 0.29) is 12.5 Å². The molecule has 4 heteroatoms. The lowest BCUT2D eigenvalue weighted by molar-refractivity contribution is 0.273. The van der Waals surface area contributed by atoms with E-state index in [2.05, 4.69) is 20.9 Å². The molecule has 1 unspecified atom stereocenters. The van der Waals surface area contributed by atoms with Crippen molar-refractivity contribution in [3.05, 3.63) is 39.1 Å². The van der Waals surface area contributed by atoms with Gasteiger partial charge in [0.2, 0.25) is 0 Å². The molecule has 0 bridgehead atoms. The highest BCUT2D eigenvalue weighted by molar-refractivity contribution is 9.10. The Bertz CT molecular complexity index is 466. The standard InChI is InChI=1S/C12H12BrNOS/c1-8(6-15)12-14-11(7-16-12)9-2-4-10(13)5-3-9/h2-5,7-8,15H,6H2,1H3. The van der Waals surface area contributed by atoms with Gasteiger partial charge in [-0.15, -0.1) is 11.3 Å². The summed E-state index contributed by atoms with van der Waals surface area (Å²) in [5, 5.41) is 12.1. The van der Waals surface area contributed by atoms with Gasteiger partial charge in [-0.25, -0.2) is 4.98 Å². The molecule has 0 spiro atoms. The maximum Gasteiger partial charge on any atom is 0.0983 e. The van der Waals surface area contributed by atoms with E-state index in [0.717, 1.165) is 20.7 Å². The molecule has 0 aliphatic carbocycles. The van der Waals surface area contributed by atoms with E-state index in [9.17, 15) is 0 Å². The Morgan fingerprint density at radius 3 is 2.69 bits per heavy atom. The lowest BCUT2D eigenvalue weighted by Crippen LogP contribution is -1.97. The second-order valence-corrected chi connectivity index (χ2v) is 5.47. The van der Waals surface area contributed by atoms with Gasteiger partial charge in [-0.2, -0.15) is 0 Å². The van der Waals surface area contributed by atoms with Gasteiger partial charge in [0.25, 0.3) is 0 Å². The third kappa shape index (κ3) is 2.51. The van der Waals surface area contributed by atoms with Crippen LogP contribution in [0.5, 0.6) is 0 Å². The monoisotopic (exact) mass is 297 g/mol. The largest absolute Gasteiger partial charge is 0.396 e. The van der Waals surface area contributed by atoms with Crippen molar-refractivity contribution < 1.29 is 5.11 Å². The first-order valence-electron chi connectivity index (χ1n) is 5.03. The van der Waals surface area contributed by atoms with E-state index in [0.29, 0.717) is 0 Å². The van der Waals surface area contributed by atoms with E-state index in [1.807, 2.05) is 36.6 Å². The minimum absolute atomic E-state index is 0.120. The minimum atomic E-state index is 0.120. The van der Waals surface area contributed by atoms with Crippen molar-refractivity contribution in [2.24, 2.45) is 0 Å². The van der Waals surface area contributed by atoms with Gasteiger partial charge in [0.1, 0.15) is 0 Å². The van der Waals surface area contributed by atoms with Gasteiger partial charge >= 0.3 is 0 Å². The van der Waals surface area contributed by atoms with Crippen LogP contribution in [-0.4, -0.2) is 16.7 Å². The number of benzene rings is 1. The molecular formula is C12H12BrNOS. The van der Waals surface area contributed by atoms with E-state index in [4.69, 9.17) is 5.11 Å². The topological polar surface area (TPSA) is 33.1 Å². The average molecular weight is 298 g/mol. The Kier molecular flexibility index (Phi) is 3.74. The zero-order chi connectivity index (χ0) is 11.5. The van der Waals surface area contributed by atoms with Gasteiger partial charge in [-0.3, -0.25) is 0 Å². The Hall–Kier alpha value is -0.710. The third-order valence-corrected chi connectivity index (χ3v) is 3.96. The highest BCUT2D eigenvalue weighted by Gasteiger charge is 2.10. The maximum absolute atomic E-state index is 9.06. The Morgan fingerprint density at radius 1 is 1.38 bits per heavy atom. The summed E-state index contributed by atoms with van der Waals surface area (Å²) in [5.74, 6) is 0.120. The molecular weight excluding hydrogens is 286 g/mol. The molecule has 2 rings (SSSR count). The lowest BCUT2D eigenvalue weighted by atomic mass is 10.2. The summed E-state index contributed by atoms with van der Waals surface area (Å²) in [6.07, 6.45) is 0. The van der Waals surface area contributed by atoms with Crippen molar-refractivity contribution in [1.82, 2.24) is 4.98 Å². The van der Waals surface area contributed by atoms with Crippen molar-refractivity contribution in [1.29, 1.82) is 0 Å². The van der Waals surface area contributed by atoms with Gasteiger partial charge < -0.3 is 5.11 Å². The highest BCUT2D eigenvalue weighted by Crippen LogP contribution is 2.26. The van der Waals surface area contributed by atoms with Crippen molar-refractivity contribution in [2.45, 2.75) is 12.8 Å². The van der Waals surface area contributed by atoms with E-state index >= 15 is 0 Å². The van der Waals surface area contributed by atoms with Crippen LogP contribution in [0.2, 0.25) is 0 Å². The molecule has 0 aliphatic heterocycles. The molecule has 1 aromatic carbocycles. The molecule has 1 aromatic heterocycles. The molecule has 0 radical (unpaired) electrons. The quantitative estimate of drug-likeness (QED) is 0.938.